The van der Waals surface area contributed by atoms with E-state index in [1.807, 2.05) is 24.3 Å². The molecule has 1 unspecified atom stereocenters. The van der Waals surface area contributed by atoms with Crippen LogP contribution >= 0.6 is 0 Å². The Morgan fingerprint density at radius 1 is 1.37 bits per heavy atom. The number of nitrogens with zero attached hydrogens (tertiary/aromatic N) is 1. The summed E-state index contributed by atoms with van der Waals surface area (Å²) in [5, 5.41) is 2.28. The average Bonchev–Trinajstić information content (AvgIpc) is 2.39. The summed E-state index contributed by atoms with van der Waals surface area (Å²) in [6.07, 6.45) is 0. The fraction of sp³-hybridized carbons (Fsp3) is 0.385. The van der Waals surface area contributed by atoms with Crippen molar-refractivity contribution in [1.29, 1.82) is 0 Å². The maximum Gasteiger partial charge on any atom is 0.240 e. The minimum Gasteiger partial charge on any atom is -0.497 e. The molecule has 3 N–H and O–H groups in total. The Kier molecular flexibility index (Phi) is 4.13. The van der Waals surface area contributed by atoms with Crippen molar-refractivity contribution in [2.45, 2.75) is 6.04 Å². The molecule has 1 aromatic carbocycles. The lowest BCUT2D eigenvalue weighted by atomic mass is 10.0. The third-order valence-corrected chi connectivity index (χ3v) is 3.11. The van der Waals surface area contributed by atoms with Crippen molar-refractivity contribution >= 4 is 11.8 Å². The monoisotopic (exact) mass is 263 g/mol. The Bertz CT molecular complexity index is 474. The van der Waals surface area contributed by atoms with Crippen molar-refractivity contribution in [1.82, 2.24) is 10.2 Å². The molecule has 0 bridgehead atoms. The molecule has 2 rings (SSSR count). The molecule has 1 heterocycles. The van der Waals surface area contributed by atoms with Gasteiger partial charge in [0.2, 0.25) is 11.8 Å². The molecule has 1 aromatic rings. The van der Waals surface area contributed by atoms with E-state index in [4.69, 9.17) is 10.5 Å². The van der Waals surface area contributed by atoms with Gasteiger partial charge in [-0.15, -0.1) is 0 Å². The van der Waals surface area contributed by atoms with Crippen LogP contribution in [0, 0.1) is 0 Å². The number of rotatable bonds is 4. The van der Waals surface area contributed by atoms with Gasteiger partial charge in [0.1, 0.15) is 5.75 Å². The Balaban J connectivity index is 2.23. The molecule has 6 heteroatoms. The SMILES string of the molecule is COc1cccc(C(CN)N2CC(=O)NC(=O)C2)c1. The number of nitrogens with two attached hydrogens (primary N) is 1. The van der Waals surface area contributed by atoms with E-state index in [2.05, 4.69) is 5.32 Å². The van der Waals surface area contributed by atoms with Crippen LogP contribution in [-0.2, 0) is 9.59 Å². The van der Waals surface area contributed by atoms with Crippen molar-refractivity contribution in [2.24, 2.45) is 5.73 Å². The van der Waals surface area contributed by atoms with E-state index < -0.39 is 0 Å². The van der Waals surface area contributed by atoms with Gasteiger partial charge in [-0.1, -0.05) is 12.1 Å². The van der Waals surface area contributed by atoms with E-state index in [9.17, 15) is 9.59 Å². The standard InChI is InChI=1S/C13H17N3O3/c1-19-10-4-2-3-9(5-10)11(6-14)16-7-12(17)15-13(18)8-16/h2-5,11H,6-8,14H2,1H3,(H,15,17,18). The number of methoxy groups -OCH3 is 1. The third kappa shape index (κ3) is 3.10. The Morgan fingerprint density at radius 3 is 2.63 bits per heavy atom. The maximum absolute atomic E-state index is 11.4. The van der Waals surface area contributed by atoms with E-state index in [0.29, 0.717) is 6.54 Å². The fourth-order valence-electron chi connectivity index (χ4n) is 2.22. The van der Waals surface area contributed by atoms with Gasteiger partial charge in [-0.05, 0) is 17.7 Å². The van der Waals surface area contributed by atoms with Crippen LogP contribution in [-0.4, -0.2) is 43.5 Å². The van der Waals surface area contributed by atoms with Gasteiger partial charge in [0.25, 0.3) is 0 Å². The predicted octanol–water partition coefficient (Wildman–Crippen LogP) is -0.347. The van der Waals surface area contributed by atoms with E-state index in [0.717, 1.165) is 11.3 Å². The third-order valence-electron chi connectivity index (χ3n) is 3.11. The number of piperazine rings is 1. The molecule has 0 aliphatic carbocycles. The topological polar surface area (TPSA) is 84.7 Å². The molecule has 0 spiro atoms. The molecule has 1 aliphatic rings. The highest BCUT2D eigenvalue weighted by Crippen LogP contribution is 2.23. The zero-order valence-electron chi connectivity index (χ0n) is 10.8. The van der Waals surface area contributed by atoms with Gasteiger partial charge in [0.05, 0.1) is 20.2 Å². The molecule has 0 saturated carbocycles. The van der Waals surface area contributed by atoms with Gasteiger partial charge in [-0.2, -0.15) is 0 Å². The number of ether oxygens (including phenoxy) is 1. The highest BCUT2D eigenvalue weighted by Gasteiger charge is 2.28. The number of carbonyl (C=O) groups excluding carboxylic acids is 2. The smallest absolute Gasteiger partial charge is 0.240 e. The first-order chi connectivity index (χ1) is 9.13. The molecule has 19 heavy (non-hydrogen) atoms. The fourth-order valence-corrected chi connectivity index (χ4v) is 2.22. The van der Waals surface area contributed by atoms with Crippen molar-refractivity contribution in [3.8, 4) is 5.75 Å². The number of carbonyl (C=O) groups is 2. The van der Waals surface area contributed by atoms with Crippen LogP contribution in [0.2, 0.25) is 0 Å². The summed E-state index contributed by atoms with van der Waals surface area (Å²) in [6.45, 7) is 0.670. The van der Waals surface area contributed by atoms with Crippen molar-refractivity contribution in [3.63, 3.8) is 0 Å². The molecule has 102 valence electrons. The summed E-state index contributed by atoms with van der Waals surface area (Å²) in [5.41, 5.74) is 6.73. The van der Waals surface area contributed by atoms with Crippen LogP contribution in [0.15, 0.2) is 24.3 Å². The second kappa shape index (κ2) is 5.81. The van der Waals surface area contributed by atoms with Crippen LogP contribution in [0.4, 0.5) is 0 Å². The number of imide groups is 1. The van der Waals surface area contributed by atoms with Crippen molar-refractivity contribution in [3.05, 3.63) is 29.8 Å². The highest BCUT2D eigenvalue weighted by molar-refractivity contribution is 5.99. The number of amides is 2. The molecular weight excluding hydrogens is 246 g/mol. The van der Waals surface area contributed by atoms with Gasteiger partial charge in [-0.3, -0.25) is 19.8 Å². The Hall–Kier alpha value is -1.92. The van der Waals surface area contributed by atoms with Gasteiger partial charge in [0, 0.05) is 12.6 Å². The molecule has 6 nitrogen and oxygen atoms in total. The summed E-state index contributed by atoms with van der Waals surface area (Å²) < 4.78 is 5.17. The van der Waals surface area contributed by atoms with Gasteiger partial charge < -0.3 is 10.5 Å². The van der Waals surface area contributed by atoms with E-state index >= 15 is 0 Å². The zero-order valence-corrected chi connectivity index (χ0v) is 10.8. The lowest BCUT2D eigenvalue weighted by Crippen LogP contribution is -2.53. The van der Waals surface area contributed by atoms with Crippen molar-refractivity contribution < 1.29 is 14.3 Å². The first kappa shape index (κ1) is 13.5. The minimum atomic E-state index is -0.294. The number of benzene rings is 1. The first-order valence-corrected chi connectivity index (χ1v) is 6.04. The average molecular weight is 263 g/mol. The Morgan fingerprint density at radius 2 is 2.05 bits per heavy atom. The van der Waals surface area contributed by atoms with E-state index in [1.165, 1.54) is 0 Å². The van der Waals surface area contributed by atoms with Gasteiger partial charge in [-0.25, -0.2) is 0 Å². The summed E-state index contributed by atoms with van der Waals surface area (Å²) in [6, 6.07) is 7.31. The normalized spacial score (nSPS) is 18.0. The highest BCUT2D eigenvalue weighted by atomic mass is 16.5. The molecule has 1 aliphatic heterocycles. The Labute approximate surface area is 111 Å². The second-order valence-electron chi connectivity index (χ2n) is 4.40. The molecule has 1 fully saturated rings. The zero-order chi connectivity index (χ0) is 13.8. The number of hydrogen-bond acceptors (Lipinski definition) is 5. The maximum atomic E-state index is 11.4. The summed E-state index contributed by atoms with van der Waals surface area (Å²) in [5.74, 6) is 0.138. The summed E-state index contributed by atoms with van der Waals surface area (Å²) in [7, 11) is 1.59. The molecule has 0 radical (unpaired) electrons. The quantitative estimate of drug-likeness (QED) is 0.726. The molecule has 1 saturated heterocycles. The van der Waals surface area contributed by atoms with Gasteiger partial charge in [0.15, 0.2) is 0 Å². The summed E-state index contributed by atoms with van der Waals surface area (Å²) >= 11 is 0. The minimum absolute atomic E-state index is 0.171. The van der Waals surface area contributed by atoms with Crippen LogP contribution < -0.4 is 15.8 Å². The second-order valence-corrected chi connectivity index (χ2v) is 4.40. The number of hydrogen-bond donors (Lipinski definition) is 2. The van der Waals surface area contributed by atoms with Crippen LogP contribution in [0.5, 0.6) is 5.75 Å². The lowest BCUT2D eigenvalue weighted by Gasteiger charge is -2.32. The van der Waals surface area contributed by atoms with Crippen LogP contribution in [0.3, 0.4) is 0 Å². The van der Waals surface area contributed by atoms with Gasteiger partial charge >= 0.3 is 0 Å². The molecule has 0 aromatic heterocycles. The van der Waals surface area contributed by atoms with E-state index in [1.54, 1.807) is 12.0 Å². The molecule has 1 atom stereocenters. The summed E-state index contributed by atoms with van der Waals surface area (Å²) in [4.78, 5) is 24.6. The van der Waals surface area contributed by atoms with Crippen LogP contribution in [0.1, 0.15) is 11.6 Å². The van der Waals surface area contributed by atoms with Crippen LogP contribution in [0.25, 0.3) is 0 Å². The first-order valence-electron chi connectivity index (χ1n) is 6.04. The van der Waals surface area contributed by atoms with E-state index in [-0.39, 0.29) is 30.9 Å². The van der Waals surface area contributed by atoms with Crippen molar-refractivity contribution in [2.75, 3.05) is 26.7 Å². The largest absolute Gasteiger partial charge is 0.497 e. The lowest BCUT2D eigenvalue weighted by molar-refractivity contribution is -0.137. The number of nitrogens with one attached hydrogen (secondary N) is 1. The predicted molar refractivity (Wildman–Crippen MR) is 69.5 cm³/mol. The molecule has 2 amide bonds. The molecular formula is C13H17N3O3.